The van der Waals surface area contributed by atoms with Crippen LogP contribution in [-0.4, -0.2) is 41.8 Å². The van der Waals surface area contributed by atoms with E-state index in [1.54, 1.807) is 31.3 Å². The Balaban J connectivity index is 2.61. The average molecular weight is 307 g/mol. The number of rotatable bonds is 6. The van der Waals surface area contributed by atoms with E-state index < -0.39 is 0 Å². The van der Waals surface area contributed by atoms with Crippen molar-refractivity contribution in [1.82, 2.24) is 10.2 Å². The molecule has 5 nitrogen and oxygen atoms in total. The summed E-state index contributed by atoms with van der Waals surface area (Å²) in [6.45, 7) is 4.66. The van der Waals surface area contributed by atoms with Crippen molar-refractivity contribution in [3.05, 3.63) is 35.4 Å². The lowest BCUT2D eigenvalue weighted by molar-refractivity contribution is -0.121. The molecule has 114 valence electrons. The Bertz CT molecular complexity index is 526. The third kappa shape index (κ3) is 5.51. The molecule has 0 fully saturated rings. The maximum atomic E-state index is 12.2. The van der Waals surface area contributed by atoms with Gasteiger partial charge in [-0.25, -0.2) is 0 Å². The van der Waals surface area contributed by atoms with Gasteiger partial charge in [0, 0.05) is 24.7 Å². The zero-order valence-corrected chi connectivity index (χ0v) is 13.4. The molecule has 0 bridgehead atoms. The van der Waals surface area contributed by atoms with Crippen molar-refractivity contribution < 1.29 is 9.59 Å². The smallest absolute Gasteiger partial charge is 0.254 e. The summed E-state index contributed by atoms with van der Waals surface area (Å²) in [5, 5.41) is 2.78. The molecule has 1 aromatic carbocycles. The number of carbonyl (C=O) groups excluding carboxylic acids is 2. The lowest BCUT2D eigenvalue weighted by atomic mass is 10.1. The Morgan fingerprint density at radius 2 is 1.76 bits per heavy atom. The number of benzene rings is 1. The van der Waals surface area contributed by atoms with Gasteiger partial charge in [-0.15, -0.1) is 0 Å². The van der Waals surface area contributed by atoms with Crippen molar-refractivity contribution in [1.29, 1.82) is 0 Å². The predicted octanol–water partition coefficient (Wildman–Crippen LogP) is 1.16. The average Bonchev–Trinajstić information content (AvgIpc) is 2.44. The standard InChI is InChI=1S/C15H21N3O2S/c1-10(2)8-17-13(19)9-18(3)15(20)12-6-4-11(5-7-12)14(16)21/h4-7,10H,8-9H2,1-3H3,(H2,16,21)(H,17,19). The molecular formula is C15H21N3O2S. The fourth-order valence-corrected chi connectivity index (χ4v) is 1.79. The largest absolute Gasteiger partial charge is 0.389 e. The number of amides is 2. The van der Waals surface area contributed by atoms with Crippen LogP contribution in [0.15, 0.2) is 24.3 Å². The molecule has 0 radical (unpaired) electrons. The summed E-state index contributed by atoms with van der Waals surface area (Å²) >= 11 is 4.86. The zero-order chi connectivity index (χ0) is 16.0. The molecule has 21 heavy (non-hydrogen) atoms. The quantitative estimate of drug-likeness (QED) is 0.774. The molecule has 0 unspecified atom stereocenters. The molecule has 0 saturated carbocycles. The van der Waals surface area contributed by atoms with E-state index in [1.807, 2.05) is 13.8 Å². The van der Waals surface area contributed by atoms with Crippen LogP contribution in [0.25, 0.3) is 0 Å². The van der Waals surface area contributed by atoms with Crippen LogP contribution in [0.5, 0.6) is 0 Å². The molecule has 0 aliphatic rings. The number of likely N-dealkylation sites (N-methyl/N-ethyl adjacent to an activating group) is 1. The minimum Gasteiger partial charge on any atom is -0.389 e. The molecule has 0 spiro atoms. The third-order valence-corrected chi connectivity index (χ3v) is 3.09. The van der Waals surface area contributed by atoms with Crippen LogP contribution in [0.3, 0.4) is 0 Å². The van der Waals surface area contributed by atoms with Gasteiger partial charge in [0.1, 0.15) is 4.99 Å². The normalized spacial score (nSPS) is 10.3. The fraction of sp³-hybridized carbons (Fsp3) is 0.400. The van der Waals surface area contributed by atoms with Crippen LogP contribution >= 0.6 is 12.2 Å². The second kappa shape index (κ2) is 7.73. The number of nitrogens with one attached hydrogen (secondary N) is 1. The first-order valence-electron chi connectivity index (χ1n) is 6.73. The Kier molecular flexibility index (Phi) is 6.30. The highest BCUT2D eigenvalue weighted by Crippen LogP contribution is 2.07. The lowest BCUT2D eigenvalue weighted by Crippen LogP contribution is -2.39. The lowest BCUT2D eigenvalue weighted by Gasteiger charge is -2.17. The SMILES string of the molecule is CC(C)CNC(=O)CN(C)C(=O)c1ccc(C(N)=S)cc1. The van der Waals surface area contributed by atoms with E-state index in [9.17, 15) is 9.59 Å². The Morgan fingerprint density at radius 3 is 2.24 bits per heavy atom. The van der Waals surface area contributed by atoms with Gasteiger partial charge in [-0.1, -0.05) is 38.2 Å². The molecule has 3 N–H and O–H groups in total. The van der Waals surface area contributed by atoms with E-state index in [0.29, 0.717) is 23.6 Å². The number of carbonyl (C=O) groups is 2. The summed E-state index contributed by atoms with van der Waals surface area (Å²) in [4.78, 5) is 25.5. The summed E-state index contributed by atoms with van der Waals surface area (Å²) in [5.41, 5.74) is 6.71. The number of hydrogen-bond acceptors (Lipinski definition) is 3. The molecular weight excluding hydrogens is 286 g/mol. The monoisotopic (exact) mass is 307 g/mol. The predicted molar refractivity (Wildman–Crippen MR) is 87.1 cm³/mol. The van der Waals surface area contributed by atoms with Gasteiger partial charge in [-0.2, -0.15) is 0 Å². The van der Waals surface area contributed by atoms with Gasteiger partial charge in [-0.05, 0) is 18.1 Å². The van der Waals surface area contributed by atoms with Crippen LogP contribution in [-0.2, 0) is 4.79 Å². The van der Waals surface area contributed by atoms with E-state index in [2.05, 4.69) is 5.32 Å². The van der Waals surface area contributed by atoms with E-state index in [1.165, 1.54) is 4.90 Å². The van der Waals surface area contributed by atoms with Gasteiger partial charge in [0.2, 0.25) is 5.91 Å². The zero-order valence-electron chi connectivity index (χ0n) is 12.6. The molecule has 0 atom stereocenters. The highest BCUT2D eigenvalue weighted by molar-refractivity contribution is 7.80. The first kappa shape index (κ1) is 17.1. The first-order valence-corrected chi connectivity index (χ1v) is 7.14. The topological polar surface area (TPSA) is 75.4 Å². The van der Waals surface area contributed by atoms with Crippen LogP contribution in [0.4, 0.5) is 0 Å². The maximum Gasteiger partial charge on any atom is 0.254 e. The molecule has 0 aromatic heterocycles. The first-order chi connectivity index (χ1) is 9.81. The summed E-state index contributed by atoms with van der Waals surface area (Å²) in [6, 6.07) is 6.70. The van der Waals surface area contributed by atoms with E-state index in [4.69, 9.17) is 18.0 Å². The highest BCUT2D eigenvalue weighted by atomic mass is 32.1. The van der Waals surface area contributed by atoms with Crippen molar-refractivity contribution >= 4 is 29.0 Å². The van der Waals surface area contributed by atoms with E-state index in [-0.39, 0.29) is 23.3 Å². The summed E-state index contributed by atoms with van der Waals surface area (Å²) < 4.78 is 0. The van der Waals surface area contributed by atoms with Gasteiger partial charge in [0.05, 0.1) is 6.54 Å². The Labute approximate surface area is 130 Å². The fourth-order valence-electron chi connectivity index (χ4n) is 1.66. The van der Waals surface area contributed by atoms with Gasteiger partial charge < -0.3 is 16.0 Å². The van der Waals surface area contributed by atoms with Crippen LogP contribution in [0, 0.1) is 5.92 Å². The van der Waals surface area contributed by atoms with Gasteiger partial charge >= 0.3 is 0 Å². The third-order valence-electron chi connectivity index (χ3n) is 2.85. The van der Waals surface area contributed by atoms with Gasteiger partial charge in [-0.3, -0.25) is 9.59 Å². The van der Waals surface area contributed by atoms with Crippen molar-refractivity contribution in [3.63, 3.8) is 0 Å². The van der Waals surface area contributed by atoms with Gasteiger partial charge in [0.25, 0.3) is 5.91 Å². The highest BCUT2D eigenvalue weighted by Gasteiger charge is 2.15. The number of nitrogens with two attached hydrogens (primary N) is 1. The van der Waals surface area contributed by atoms with Crippen LogP contribution in [0.1, 0.15) is 29.8 Å². The Morgan fingerprint density at radius 1 is 1.24 bits per heavy atom. The molecule has 1 aromatic rings. The molecule has 0 aliphatic carbocycles. The van der Waals surface area contributed by atoms with Crippen molar-refractivity contribution in [3.8, 4) is 0 Å². The Hall–Kier alpha value is -1.95. The van der Waals surface area contributed by atoms with E-state index >= 15 is 0 Å². The van der Waals surface area contributed by atoms with Crippen molar-refractivity contribution in [2.75, 3.05) is 20.1 Å². The van der Waals surface area contributed by atoms with E-state index in [0.717, 1.165) is 0 Å². The van der Waals surface area contributed by atoms with Crippen molar-refractivity contribution in [2.24, 2.45) is 11.7 Å². The summed E-state index contributed by atoms with van der Waals surface area (Å²) in [5.74, 6) is -0.00824. The maximum absolute atomic E-state index is 12.2. The van der Waals surface area contributed by atoms with Crippen LogP contribution in [0.2, 0.25) is 0 Å². The molecule has 1 rings (SSSR count). The molecule has 2 amide bonds. The van der Waals surface area contributed by atoms with Crippen LogP contribution < -0.4 is 11.1 Å². The molecule has 0 saturated heterocycles. The summed E-state index contributed by atoms with van der Waals surface area (Å²) in [6.07, 6.45) is 0. The minimum atomic E-state index is -0.218. The molecule has 6 heteroatoms. The van der Waals surface area contributed by atoms with Crippen molar-refractivity contribution in [2.45, 2.75) is 13.8 Å². The number of thiocarbonyl (C=S) groups is 1. The number of hydrogen-bond donors (Lipinski definition) is 2. The minimum absolute atomic E-state index is 0.0304. The van der Waals surface area contributed by atoms with Gasteiger partial charge in [0.15, 0.2) is 0 Å². The molecule has 0 aliphatic heterocycles. The second-order valence-electron chi connectivity index (χ2n) is 5.30. The molecule has 0 heterocycles. The number of nitrogens with zero attached hydrogens (tertiary/aromatic N) is 1. The summed E-state index contributed by atoms with van der Waals surface area (Å²) in [7, 11) is 1.60. The second-order valence-corrected chi connectivity index (χ2v) is 5.74.